The van der Waals surface area contributed by atoms with Crippen molar-refractivity contribution in [3.8, 4) is 28.8 Å². The van der Waals surface area contributed by atoms with Gasteiger partial charge in [0.2, 0.25) is 0 Å². The first-order chi connectivity index (χ1) is 21.4. The van der Waals surface area contributed by atoms with E-state index in [9.17, 15) is 10.1 Å². The average Bonchev–Trinajstić information content (AvgIpc) is 3.50. The maximum atomic E-state index is 12.7. The first-order valence-corrected chi connectivity index (χ1v) is 15.1. The van der Waals surface area contributed by atoms with Gasteiger partial charge in [0, 0.05) is 32.8 Å². The molecule has 0 fully saturated rings. The van der Waals surface area contributed by atoms with Crippen molar-refractivity contribution in [2.75, 3.05) is 11.9 Å². The molecule has 44 heavy (non-hydrogen) atoms. The molecule has 5 rings (SSSR count). The van der Waals surface area contributed by atoms with Crippen molar-refractivity contribution in [2.45, 2.75) is 13.5 Å². The third kappa shape index (κ3) is 7.74. The van der Waals surface area contributed by atoms with Gasteiger partial charge in [-0.05, 0) is 67.1 Å². The number of carbonyl (C=O) groups excluding carboxylic acids is 1. The second-order valence-corrected chi connectivity index (χ2v) is 11.0. The number of ether oxygens (including phenoxy) is 2. The zero-order valence-corrected chi connectivity index (χ0v) is 25.7. The molecule has 0 saturated carbocycles. The minimum absolute atomic E-state index is 0.149. The van der Waals surface area contributed by atoms with Crippen molar-refractivity contribution in [3.05, 3.63) is 123 Å². The third-order valence-electron chi connectivity index (χ3n) is 6.26. The summed E-state index contributed by atoms with van der Waals surface area (Å²) in [5, 5.41) is 20.4. The van der Waals surface area contributed by atoms with Gasteiger partial charge < -0.3 is 14.8 Å². The van der Waals surface area contributed by atoms with Crippen LogP contribution in [0.4, 0.5) is 10.8 Å². The summed E-state index contributed by atoms with van der Waals surface area (Å²) < 4.78 is 11.7. The smallest absolute Gasteiger partial charge is 0.271 e. The highest BCUT2D eigenvalue weighted by atomic mass is 35.5. The molecule has 4 aromatic carbocycles. The lowest BCUT2D eigenvalue weighted by Gasteiger charge is -2.15. The number of carbonyl (C=O) groups is 1. The Bertz CT molecular complexity index is 1830. The Hall–Kier alpha value is -4.88. The van der Waals surface area contributed by atoms with Gasteiger partial charge in [0.25, 0.3) is 5.91 Å². The molecule has 0 aliphatic heterocycles. The molecule has 0 radical (unpaired) electrons. The van der Waals surface area contributed by atoms with E-state index in [0.717, 1.165) is 27.6 Å². The van der Waals surface area contributed by atoms with Crippen molar-refractivity contribution in [2.24, 2.45) is 5.10 Å². The van der Waals surface area contributed by atoms with Crippen LogP contribution in [0.3, 0.4) is 0 Å². The van der Waals surface area contributed by atoms with Gasteiger partial charge >= 0.3 is 0 Å². The Morgan fingerprint density at radius 2 is 1.82 bits per heavy atom. The van der Waals surface area contributed by atoms with E-state index in [2.05, 4.69) is 26.9 Å². The summed E-state index contributed by atoms with van der Waals surface area (Å²) in [7, 11) is 0. The van der Waals surface area contributed by atoms with E-state index < -0.39 is 0 Å². The van der Waals surface area contributed by atoms with Crippen LogP contribution in [0.5, 0.6) is 11.5 Å². The fraction of sp³-hybridized carbons (Fsp3) is 0.0909. The van der Waals surface area contributed by atoms with E-state index in [1.165, 1.54) is 17.6 Å². The maximum Gasteiger partial charge on any atom is 0.271 e. The molecule has 0 spiro atoms. The molecule has 0 aliphatic carbocycles. The van der Waals surface area contributed by atoms with Gasteiger partial charge in [-0.15, -0.1) is 11.3 Å². The Kier molecular flexibility index (Phi) is 10.1. The largest absolute Gasteiger partial charge is 0.490 e. The van der Waals surface area contributed by atoms with Crippen LogP contribution in [0.1, 0.15) is 34.0 Å². The third-order valence-corrected chi connectivity index (χ3v) is 7.55. The molecular weight excluding hydrogens is 617 g/mol. The number of rotatable bonds is 11. The Morgan fingerprint density at radius 1 is 1.05 bits per heavy atom. The summed E-state index contributed by atoms with van der Waals surface area (Å²) in [5.41, 5.74) is 7.40. The quantitative estimate of drug-likeness (QED) is 0.111. The molecule has 1 amide bonds. The second-order valence-electron chi connectivity index (χ2n) is 9.27. The van der Waals surface area contributed by atoms with E-state index in [4.69, 9.17) is 32.7 Å². The van der Waals surface area contributed by atoms with Crippen molar-refractivity contribution >= 4 is 57.5 Å². The Balaban J connectivity index is 1.20. The molecule has 2 N–H and O–H groups in total. The monoisotopic (exact) mass is 641 g/mol. The molecule has 8 nitrogen and oxygen atoms in total. The molecular formula is C33H25Cl2N5O3S. The summed E-state index contributed by atoms with van der Waals surface area (Å²) >= 11 is 14.0. The number of hydrogen-bond acceptors (Lipinski definition) is 8. The molecule has 11 heteroatoms. The van der Waals surface area contributed by atoms with E-state index in [0.29, 0.717) is 44.8 Å². The van der Waals surface area contributed by atoms with Crippen LogP contribution in [0.15, 0.2) is 95.4 Å². The standard InChI is InChI=1S/C33H25Cl2N5O3S/c1-2-42-30-16-21(15-28(35)31(30)43-19-25-6-4-3-5-24(25)17-36)18-37-40-32(41)23-9-7-22(8-10-23)29-20-44-33(39-29)38-27-13-11-26(34)12-14-27/h3-16,18,20H,2,19H2,1H3,(H,38,39)(H,40,41)/b37-18-. The summed E-state index contributed by atoms with van der Waals surface area (Å²) in [4.78, 5) is 17.4. The number of anilines is 2. The van der Waals surface area contributed by atoms with E-state index in [-0.39, 0.29) is 12.5 Å². The molecule has 0 unspecified atom stereocenters. The van der Waals surface area contributed by atoms with E-state index in [1.54, 1.807) is 36.4 Å². The average molecular weight is 643 g/mol. The number of nitrogens with one attached hydrogen (secondary N) is 2. The second kappa shape index (κ2) is 14.5. The zero-order valence-electron chi connectivity index (χ0n) is 23.4. The number of thiazole rings is 1. The number of amides is 1. The maximum absolute atomic E-state index is 12.7. The van der Waals surface area contributed by atoms with Gasteiger partial charge in [0.1, 0.15) is 6.61 Å². The first kappa shape index (κ1) is 30.6. The molecule has 0 atom stereocenters. The highest BCUT2D eigenvalue weighted by molar-refractivity contribution is 7.14. The summed E-state index contributed by atoms with van der Waals surface area (Å²) in [6.45, 7) is 2.38. The van der Waals surface area contributed by atoms with Crippen molar-refractivity contribution in [1.29, 1.82) is 5.26 Å². The van der Waals surface area contributed by atoms with Crippen molar-refractivity contribution in [1.82, 2.24) is 10.4 Å². The van der Waals surface area contributed by atoms with Gasteiger partial charge in [-0.25, -0.2) is 10.4 Å². The van der Waals surface area contributed by atoms with Gasteiger partial charge in [0.15, 0.2) is 16.6 Å². The predicted octanol–water partition coefficient (Wildman–Crippen LogP) is 8.47. The normalized spacial score (nSPS) is 10.8. The molecule has 0 bridgehead atoms. The number of nitriles is 1. The van der Waals surface area contributed by atoms with Gasteiger partial charge in [-0.1, -0.05) is 53.5 Å². The van der Waals surface area contributed by atoms with Crippen LogP contribution < -0.4 is 20.2 Å². The topological polar surface area (TPSA) is 109 Å². The van der Waals surface area contributed by atoms with Crippen LogP contribution in [0.25, 0.3) is 11.3 Å². The number of hydrazone groups is 1. The minimum Gasteiger partial charge on any atom is -0.490 e. The molecule has 1 aromatic heterocycles. The van der Waals surface area contributed by atoms with Crippen molar-refractivity contribution in [3.63, 3.8) is 0 Å². The highest BCUT2D eigenvalue weighted by Crippen LogP contribution is 2.37. The molecule has 1 heterocycles. The SMILES string of the molecule is CCOc1cc(/C=N\NC(=O)c2ccc(-c3csc(Nc4ccc(Cl)cc4)n3)cc2)cc(Cl)c1OCc1ccccc1C#N. The summed E-state index contributed by atoms with van der Waals surface area (Å²) in [6.07, 6.45) is 1.47. The molecule has 0 saturated heterocycles. The van der Waals surface area contributed by atoms with E-state index in [1.807, 2.05) is 60.8 Å². The Morgan fingerprint density at radius 3 is 2.57 bits per heavy atom. The Labute approximate surface area is 268 Å². The van der Waals surface area contributed by atoms with E-state index >= 15 is 0 Å². The zero-order chi connectivity index (χ0) is 30.9. The molecule has 0 aliphatic rings. The lowest BCUT2D eigenvalue weighted by molar-refractivity contribution is 0.0955. The molecule has 5 aromatic rings. The van der Waals surface area contributed by atoms with Crippen LogP contribution in [0.2, 0.25) is 10.0 Å². The van der Waals surface area contributed by atoms with Crippen LogP contribution in [-0.2, 0) is 6.61 Å². The number of hydrogen-bond donors (Lipinski definition) is 2. The predicted molar refractivity (Wildman–Crippen MR) is 175 cm³/mol. The fourth-order valence-corrected chi connectivity index (χ4v) is 5.25. The van der Waals surface area contributed by atoms with Crippen LogP contribution >= 0.6 is 34.5 Å². The lowest BCUT2D eigenvalue weighted by Crippen LogP contribution is -2.17. The number of halogens is 2. The van der Waals surface area contributed by atoms with Gasteiger partial charge in [0.05, 0.1) is 35.2 Å². The molecule has 220 valence electrons. The summed E-state index contributed by atoms with van der Waals surface area (Å²) in [6, 6.07) is 27.2. The van der Waals surface area contributed by atoms with Gasteiger partial charge in [-0.2, -0.15) is 10.4 Å². The number of benzene rings is 4. The summed E-state index contributed by atoms with van der Waals surface area (Å²) in [5.74, 6) is 0.408. The van der Waals surface area contributed by atoms with Crippen LogP contribution in [-0.4, -0.2) is 23.7 Å². The number of aromatic nitrogens is 1. The first-order valence-electron chi connectivity index (χ1n) is 13.4. The fourth-order valence-electron chi connectivity index (χ4n) is 4.11. The highest BCUT2D eigenvalue weighted by Gasteiger charge is 2.14. The minimum atomic E-state index is -0.372. The van der Waals surface area contributed by atoms with Crippen molar-refractivity contribution < 1.29 is 14.3 Å². The lowest BCUT2D eigenvalue weighted by atomic mass is 10.1. The van der Waals surface area contributed by atoms with Gasteiger partial charge in [-0.3, -0.25) is 4.79 Å². The number of nitrogens with zero attached hydrogens (tertiary/aromatic N) is 3. The van der Waals surface area contributed by atoms with Crippen LogP contribution in [0, 0.1) is 11.3 Å².